The summed E-state index contributed by atoms with van der Waals surface area (Å²) in [4.78, 5) is 29.2. The predicted molar refractivity (Wildman–Crippen MR) is 81.3 cm³/mol. The van der Waals surface area contributed by atoms with E-state index in [0.29, 0.717) is 35.3 Å². The van der Waals surface area contributed by atoms with Crippen LogP contribution in [0.25, 0.3) is 0 Å². The molecule has 8 nitrogen and oxygen atoms in total. The van der Waals surface area contributed by atoms with E-state index in [4.69, 9.17) is 9.26 Å². The minimum atomic E-state index is -0.175. The van der Waals surface area contributed by atoms with Crippen molar-refractivity contribution in [2.75, 3.05) is 23.9 Å². The normalized spacial score (nSPS) is 13.5. The van der Waals surface area contributed by atoms with E-state index >= 15 is 0 Å². The second-order valence-electron chi connectivity index (χ2n) is 5.21. The van der Waals surface area contributed by atoms with E-state index < -0.39 is 0 Å². The van der Waals surface area contributed by atoms with Gasteiger partial charge in [0.25, 0.3) is 5.91 Å². The van der Waals surface area contributed by atoms with Crippen molar-refractivity contribution in [2.45, 2.75) is 19.8 Å². The van der Waals surface area contributed by atoms with Gasteiger partial charge in [0.1, 0.15) is 5.75 Å². The van der Waals surface area contributed by atoms with Crippen LogP contribution in [-0.4, -0.2) is 35.6 Å². The molecule has 1 aliphatic heterocycles. The number of fused-ring (bicyclic) bond motifs is 1. The van der Waals surface area contributed by atoms with Crippen LogP contribution < -0.4 is 15.0 Å². The highest BCUT2D eigenvalue weighted by molar-refractivity contribution is 5.99. The number of rotatable bonds is 4. The standard InChI is InChI=1S/C15H16N4O4/c1-9-16-14(23-18-9)6-5-13(20)17-10-3-4-12-11(7-10)19(2)15(21)8-22-12/h3-4,7H,5-6,8H2,1-2H3,(H,17,20). The second kappa shape index (κ2) is 6.07. The molecule has 2 aromatic rings. The third kappa shape index (κ3) is 3.31. The number of nitrogens with zero attached hydrogens (tertiary/aromatic N) is 3. The number of amides is 2. The average Bonchev–Trinajstić information content (AvgIpc) is 2.95. The Morgan fingerprint density at radius 1 is 1.43 bits per heavy atom. The van der Waals surface area contributed by atoms with Gasteiger partial charge in [0.15, 0.2) is 12.4 Å². The number of aryl methyl sites for hydroxylation is 2. The molecule has 0 spiro atoms. The molecule has 1 aromatic carbocycles. The molecule has 0 unspecified atom stereocenters. The van der Waals surface area contributed by atoms with Gasteiger partial charge < -0.3 is 19.5 Å². The summed E-state index contributed by atoms with van der Waals surface area (Å²) in [6.45, 7) is 1.75. The molecule has 0 fully saturated rings. The predicted octanol–water partition coefficient (Wildman–Crippen LogP) is 1.30. The third-order valence-corrected chi connectivity index (χ3v) is 3.46. The van der Waals surface area contributed by atoms with Crippen molar-refractivity contribution < 1.29 is 18.8 Å². The van der Waals surface area contributed by atoms with E-state index in [1.807, 2.05) is 0 Å². The van der Waals surface area contributed by atoms with Crippen molar-refractivity contribution in [1.82, 2.24) is 10.1 Å². The summed E-state index contributed by atoms with van der Waals surface area (Å²) in [5.74, 6) is 1.29. The van der Waals surface area contributed by atoms with Crippen LogP contribution in [-0.2, 0) is 16.0 Å². The average molecular weight is 316 g/mol. The molecule has 0 atom stereocenters. The maximum Gasteiger partial charge on any atom is 0.264 e. The molecular formula is C15H16N4O4. The highest BCUT2D eigenvalue weighted by Crippen LogP contribution is 2.33. The first kappa shape index (κ1) is 15.0. The molecule has 0 radical (unpaired) electrons. The molecule has 2 heterocycles. The summed E-state index contributed by atoms with van der Waals surface area (Å²) < 4.78 is 10.3. The zero-order valence-corrected chi connectivity index (χ0v) is 12.8. The van der Waals surface area contributed by atoms with Crippen molar-refractivity contribution in [2.24, 2.45) is 0 Å². The fraction of sp³-hybridized carbons (Fsp3) is 0.333. The highest BCUT2D eigenvalue weighted by atomic mass is 16.5. The number of likely N-dealkylation sites (N-methyl/N-ethyl adjacent to an activating group) is 1. The number of hydrogen-bond acceptors (Lipinski definition) is 6. The van der Waals surface area contributed by atoms with Crippen LogP contribution >= 0.6 is 0 Å². The summed E-state index contributed by atoms with van der Waals surface area (Å²) in [6, 6.07) is 5.17. The Morgan fingerprint density at radius 3 is 3.00 bits per heavy atom. The molecule has 120 valence electrons. The first-order valence-corrected chi connectivity index (χ1v) is 7.15. The third-order valence-electron chi connectivity index (χ3n) is 3.46. The molecule has 0 aliphatic carbocycles. The van der Waals surface area contributed by atoms with E-state index in [-0.39, 0.29) is 24.8 Å². The minimum Gasteiger partial charge on any atom is -0.482 e. The van der Waals surface area contributed by atoms with Crippen molar-refractivity contribution >= 4 is 23.2 Å². The van der Waals surface area contributed by atoms with Gasteiger partial charge >= 0.3 is 0 Å². The van der Waals surface area contributed by atoms with E-state index in [1.54, 1.807) is 32.2 Å². The molecule has 2 amide bonds. The van der Waals surface area contributed by atoms with Gasteiger partial charge in [-0.1, -0.05) is 5.16 Å². The van der Waals surface area contributed by atoms with Crippen LogP contribution in [0.1, 0.15) is 18.1 Å². The maximum atomic E-state index is 12.0. The fourth-order valence-electron chi connectivity index (χ4n) is 2.24. The smallest absolute Gasteiger partial charge is 0.264 e. The van der Waals surface area contributed by atoms with Gasteiger partial charge in [0.05, 0.1) is 5.69 Å². The Morgan fingerprint density at radius 2 is 2.26 bits per heavy atom. The monoisotopic (exact) mass is 316 g/mol. The van der Waals surface area contributed by atoms with Crippen LogP contribution in [0.4, 0.5) is 11.4 Å². The van der Waals surface area contributed by atoms with Crippen LogP contribution in [0.3, 0.4) is 0 Å². The number of aromatic nitrogens is 2. The largest absolute Gasteiger partial charge is 0.482 e. The molecule has 0 bridgehead atoms. The van der Waals surface area contributed by atoms with Crippen LogP contribution in [0.2, 0.25) is 0 Å². The summed E-state index contributed by atoms with van der Waals surface area (Å²) in [5.41, 5.74) is 1.23. The molecule has 3 rings (SSSR count). The van der Waals surface area contributed by atoms with Crippen molar-refractivity contribution in [1.29, 1.82) is 0 Å². The molecule has 23 heavy (non-hydrogen) atoms. The highest BCUT2D eigenvalue weighted by Gasteiger charge is 2.22. The summed E-state index contributed by atoms with van der Waals surface area (Å²) >= 11 is 0. The van der Waals surface area contributed by atoms with Gasteiger partial charge in [-0.15, -0.1) is 0 Å². The Balaban J connectivity index is 1.63. The van der Waals surface area contributed by atoms with Gasteiger partial charge in [0.2, 0.25) is 11.8 Å². The van der Waals surface area contributed by atoms with Gasteiger partial charge in [-0.25, -0.2) is 0 Å². The number of ether oxygens (including phenoxy) is 1. The second-order valence-corrected chi connectivity index (χ2v) is 5.21. The van der Waals surface area contributed by atoms with Gasteiger partial charge in [-0.3, -0.25) is 9.59 Å². The topological polar surface area (TPSA) is 97.6 Å². The lowest BCUT2D eigenvalue weighted by molar-refractivity contribution is -0.121. The molecule has 0 saturated carbocycles. The number of anilines is 2. The molecular weight excluding hydrogens is 300 g/mol. The van der Waals surface area contributed by atoms with Crippen molar-refractivity contribution in [3.8, 4) is 5.75 Å². The van der Waals surface area contributed by atoms with Crippen LogP contribution in [0.15, 0.2) is 22.7 Å². The number of hydrogen-bond donors (Lipinski definition) is 1. The molecule has 1 aliphatic rings. The van der Waals surface area contributed by atoms with E-state index in [1.165, 1.54) is 4.90 Å². The molecule has 8 heteroatoms. The van der Waals surface area contributed by atoms with Gasteiger partial charge in [0, 0.05) is 25.6 Å². The Hall–Kier alpha value is -2.90. The van der Waals surface area contributed by atoms with Gasteiger partial charge in [-0.05, 0) is 25.1 Å². The first-order valence-electron chi connectivity index (χ1n) is 7.15. The zero-order chi connectivity index (χ0) is 16.4. The molecule has 0 saturated heterocycles. The zero-order valence-electron chi connectivity index (χ0n) is 12.8. The van der Waals surface area contributed by atoms with Gasteiger partial charge in [-0.2, -0.15) is 4.98 Å². The lowest BCUT2D eigenvalue weighted by atomic mass is 10.2. The number of carbonyl (C=O) groups is 2. The Kier molecular flexibility index (Phi) is 3.96. The fourth-order valence-corrected chi connectivity index (χ4v) is 2.24. The van der Waals surface area contributed by atoms with E-state index in [0.717, 1.165) is 0 Å². The Bertz CT molecular complexity index is 756. The van der Waals surface area contributed by atoms with Crippen molar-refractivity contribution in [3.05, 3.63) is 29.9 Å². The van der Waals surface area contributed by atoms with E-state index in [9.17, 15) is 9.59 Å². The molecule has 1 N–H and O–H groups in total. The number of carbonyl (C=O) groups excluding carboxylic acids is 2. The Labute approximate surface area is 132 Å². The maximum absolute atomic E-state index is 12.0. The number of benzene rings is 1. The lowest BCUT2D eigenvalue weighted by Crippen LogP contribution is -2.35. The van der Waals surface area contributed by atoms with Crippen LogP contribution in [0, 0.1) is 6.92 Å². The number of nitrogens with one attached hydrogen (secondary N) is 1. The quantitative estimate of drug-likeness (QED) is 0.913. The first-order chi connectivity index (χ1) is 11.0. The summed E-state index contributed by atoms with van der Waals surface area (Å²) in [6.07, 6.45) is 0.600. The summed E-state index contributed by atoms with van der Waals surface area (Å²) in [5, 5.41) is 6.46. The van der Waals surface area contributed by atoms with E-state index in [2.05, 4.69) is 15.5 Å². The summed E-state index contributed by atoms with van der Waals surface area (Å²) in [7, 11) is 1.67. The minimum absolute atomic E-state index is 0.0266. The van der Waals surface area contributed by atoms with Crippen molar-refractivity contribution in [3.63, 3.8) is 0 Å². The SMILES string of the molecule is Cc1noc(CCC(=O)Nc2ccc3c(c2)N(C)C(=O)CO3)n1. The molecule has 1 aromatic heterocycles. The lowest BCUT2D eigenvalue weighted by Gasteiger charge is -2.26. The van der Waals surface area contributed by atoms with Crippen LogP contribution in [0.5, 0.6) is 5.75 Å².